The van der Waals surface area contributed by atoms with Crippen LogP contribution in [0.3, 0.4) is 0 Å². The molecule has 3 rings (SSSR count). The number of para-hydroxylation sites is 1. The molecule has 1 unspecified atom stereocenters. The minimum Gasteiger partial charge on any atom is -0.360 e. The number of nitrogens with zero attached hydrogens (tertiary/aromatic N) is 1. The zero-order chi connectivity index (χ0) is 15.2. The van der Waals surface area contributed by atoms with Gasteiger partial charge in [-0.1, -0.05) is 79.4 Å². The van der Waals surface area contributed by atoms with Gasteiger partial charge in [0.15, 0.2) is 0 Å². The fourth-order valence-electron chi connectivity index (χ4n) is 2.77. The van der Waals surface area contributed by atoms with Crippen molar-refractivity contribution in [2.75, 3.05) is 4.90 Å². The van der Waals surface area contributed by atoms with E-state index in [0.717, 1.165) is 18.5 Å². The van der Waals surface area contributed by atoms with Gasteiger partial charge in [0.05, 0.1) is 6.04 Å². The summed E-state index contributed by atoms with van der Waals surface area (Å²) in [7, 11) is 0. The van der Waals surface area contributed by atoms with Crippen LogP contribution in [0.25, 0.3) is 6.08 Å². The maximum Gasteiger partial charge on any atom is 0.0514 e. The van der Waals surface area contributed by atoms with E-state index in [-0.39, 0.29) is 0 Å². The molecule has 0 spiro atoms. The Kier molecular flexibility index (Phi) is 4.55. The summed E-state index contributed by atoms with van der Waals surface area (Å²) in [6, 6.07) is 19.7. The first kappa shape index (κ1) is 14.4. The summed E-state index contributed by atoms with van der Waals surface area (Å²) in [4.78, 5) is 2.46. The third kappa shape index (κ3) is 3.37. The molecule has 1 nitrogen and oxygen atoms in total. The van der Waals surface area contributed by atoms with Crippen LogP contribution >= 0.6 is 0 Å². The van der Waals surface area contributed by atoms with E-state index < -0.39 is 0 Å². The van der Waals surface area contributed by atoms with Gasteiger partial charge in [-0.3, -0.25) is 0 Å². The monoisotopic (exact) mass is 287 g/mol. The topological polar surface area (TPSA) is 3.24 Å². The van der Waals surface area contributed by atoms with Crippen LogP contribution in [0.2, 0.25) is 0 Å². The molecule has 22 heavy (non-hydrogen) atoms. The second kappa shape index (κ2) is 6.95. The number of anilines is 1. The normalized spacial score (nSPS) is 16.5. The van der Waals surface area contributed by atoms with E-state index in [2.05, 4.69) is 90.4 Å². The first-order valence-electron chi connectivity index (χ1n) is 7.73. The fraction of sp³-hybridized carbons (Fsp3) is 0.143. The highest BCUT2D eigenvalue weighted by Crippen LogP contribution is 2.24. The van der Waals surface area contributed by atoms with Gasteiger partial charge in [0.25, 0.3) is 0 Å². The summed E-state index contributed by atoms with van der Waals surface area (Å²) >= 11 is 0. The lowest BCUT2D eigenvalue weighted by Crippen LogP contribution is -2.33. The Labute approximate surface area is 132 Å². The number of hydrogen-bond acceptors (Lipinski definition) is 1. The Morgan fingerprint density at radius 3 is 2.41 bits per heavy atom. The molecule has 1 heteroatoms. The lowest BCUT2D eigenvalue weighted by molar-refractivity contribution is 0.685. The Balaban J connectivity index is 1.86. The fourth-order valence-corrected chi connectivity index (χ4v) is 2.77. The summed E-state index contributed by atoms with van der Waals surface area (Å²) in [6.45, 7) is 4.72. The van der Waals surface area contributed by atoms with Crippen molar-refractivity contribution in [3.63, 3.8) is 0 Å². The smallest absolute Gasteiger partial charge is 0.0514 e. The van der Waals surface area contributed by atoms with Crippen molar-refractivity contribution in [3.8, 4) is 0 Å². The molecule has 0 fully saturated rings. The number of allylic oxidation sites excluding steroid dienone is 2. The van der Waals surface area contributed by atoms with E-state index in [1.54, 1.807) is 0 Å². The van der Waals surface area contributed by atoms with Crippen LogP contribution in [0.5, 0.6) is 0 Å². The van der Waals surface area contributed by atoms with Crippen molar-refractivity contribution in [1.82, 2.24) is 0 Å². The van der Waals surface area contributed by atoms with Crippen LogP contribution in [0.1, 0.15) is 17.5 Å². The molecule has 0 aromatic heterocycles. The molecule has 0 radical (unpaired) electrons. The summed E-state index contributed by atoms with van der Waals surface area (Å²) in [6.07, 6.45) is 11.7. The number of rotatable bonds is 5. The standard InChI is InChI=1S/C21H21N/c1-2-18-13-15-19(16-14-18)17-22(20-9-5-3-6-10-20)21-11-7-4-8-12-21/h2-11,13-16,21H,1,12,17H2. The molecule has 110 valence electrons. The van der Waals surface area contributed by atoms with Crippen molar-refractivity contribution < 1.29 is 0 Å². The molecule has 0 bridgehead atoms. The largest absolute Gasteiger partial charge is 0.360 e. The van der Waals surface area contributed by atoms with Crippen molar-refractivity contribution in [2.24, 2.45) is 0 Å². The Morgan fingerprint density at radius 1 is 1.00 bits per heavy atom. The third-order valence-electron chi connectivity index (χ3n) is 4.01. The zero-order valence-corrected chi connectivity index (χ0v) is 12.7. The number of benzene rings is 2. The van der Waals surface area contributed by atoms with E-state index >= 15 is 0 Å². The molecular formula is C21H21N. The summed E-state index contributed by atoms with van der Waals surface area (Å²) in [5, 5.41) is 0. The van der Waals surface area contributed by atoms with Crippen LogP contribution in [-0.2, 0) is 6.54 Å². The molecule has 1 atom stereocenters. The zero-order valence-electron chi connectivity index (χ0n) is 12.7. The second-order valence-corrected chi connectivity index (χ2v) is 5.53. The van der Waals surface area contributed by atoms with Gasteiger partial charge >= 0.3 is 0 Å². The molecular weight excluding hydrogens is 266 g/mol. The summed E-state index contributed by atoms with van der Waals surface area (Å²) in [5.74, 6) is 0. The first-order valence-corrected chi connectivity index (χ1v) is 7.73. The highest BCUT2D eigenvalue weighted by atomic mass is 15.2. The quantitative estimate of drug-likeness (QED) is 0.728. The van der Waals surface area contributed by atoms with Crippen molar-refractivity contribution >= 4 is 11.8 Å². The van der Waals surface area contributed by atoms with Crippen LogP contribution in [-0.4, -0.2) is 6.04 Å². The average molecular weight is 287 g/mol. The summed E-state index contributed by atoms with van der Waals surface area (Å²) < 4.78 is 0. The first-order chi connectivity index (χ1) is 10.9. The van der Waals surface area contributed by atoms with Gasteiger partial charge in [-0.15, -0.1) is 0 Å². The third-order valence-corrected chi connectivity index (χ3v) is 4.01. The van der Waals surface area contributed by atoms with E-state index in [9.17, 15) is 0 Å². The Hall–Kier alpha value is -2.54. The SMILES string of the molecule is C=Cc1ccc(CN(c2ccccc2)C2C=CC=CC2)cc1. The second-order valence-electron chi connectivity index (χ2n) is 5.53. The van der Waals surface area contributed by atoms with E-state index in [1.807, 2.05) is 6.08 Å². The Bertz CT molecular complexity index is 665. The van der Waals surface area contributed by atoms with Crippen molar-refractivity contribution in [3.05, 3.63) is 96.6 Å². The van der Waals surface area contributed by atoms with E-state index in [1.165, 1.54) is 11.3 Å². The molecule has 2 aromatic carbocycles. The van der Waals surface area contributed by atoms with Crippen LogP contribution in [0.15, 0.2) is 85.5 Å². The van der Waals surface area contributed by atoms with Gasteiger partial charge < -0.3 is 4.90 Å². The molecule has 0 aliphatic heterocycles. The van der Waals surface area contributed by atoms with Gasteiger partial charge in [-0.25, -0.2) is 0 Å². The van der Waals surface area contributed by atoms with Gasteiger partial charge in [0.1, 0.15) is 0 Å². The van der Waals surface area contributed by atoms with Crippen LogP contribution in [0.4, 0.5) is 5.69 Å². The van der Waals surface area contributed by atoms with Gasteiger partial charge in [0.2, 0.25) is 0 Å². The molecule has 1 aliphatic rings. The van der Waals surface area contributed by atoms with Crippen LogP contribution < -0.4 is 4.90 Å². The maximum atomic E-state index is 3.82. The van der Waals surface area contributed by atoms with Gasteiger partial charge in [0, 0.05) is 12.2 Å². The molecule has 1 aliphatic carbocycles. The highest BCUT2D eigenvalue weighted by molar-refractivity contribution is 5.51. The van der Waals surface area contributed by atoms with Gasteiger partial charge in [-0.2, -0.15) is 0 Å². The molecule has 0 amide bonds. The Morgan fingerprint density at radius 2 is 1.77 bits per heavy atom. The maximum absolute atomic E-state index is 3.82. The van der Waals surface area contributed by atoms with Gasteiger partial charge in [-0.05, 0) is 29.7 Å². The van der Waals surface area contributed by atoms with E-state index in [0.29, 0.717) is 6.04 Å². The van der Waals surface area contributed by atoms with E-state index in [4.69, 9.17) is 0 Å². The molecule has 0 saturated heterocycles. The lowest BCUT2D eigenvalue weighted by Gasteiger charge is -2.32. The van der Waals surface area contributed by atoms with Crippen molar-refractivity contribution in [2.45, 2.75) is 19.0 Å². The molecule has 0 saturated carbocycles. The minimum atomic E-state index is 0.409. The number of hydrogen-bond donors (Lipinski definition) is 0. The summed E-state index contributed by atoms with van der Waals surface area (Å²) in [5.41, 5.74) is 3.74. The molecule has 0 heterocycles. The predicted molar refractivity (Wildman–Crippen MR) is 95.8 cm³/mol. The lowest BCUT2D eigenvalue weighted by atomic mass is 10.0. The molecule has 0 N–H and O–H groups in total. The minimum absolute atomic E-state index is 0.409. The predicted octanol–water partition coefficient (Wildman–Crippen LogP) is 5.22. The highest BCUT2D eigenvalue weighted by Gasteiger charge is 2.16. The average Bonchev–Trinajstić information content (AvgIpc) is 2.62. The van der Waals surface area contributed by atoms with Crippen molar-refractivity contribution in [1.29, 1.82) is 0 Å². The molecule has 2 aromatic rings. The van der Waals surface area contributed by atoms with Crippen LogP contribution in [0, 0.1) is 0 Å².